The van der Waals surface area contributed by atoms with Crippen LogP contribution < -0.4 is 5.56 Å². The van der Waals surface area contributed by atoms with Crippen molar-refractivity contribution < 1.29 is 0 Å². The molecule has 0 N–H and O–H groups in total. The molecular weight excluding hydrogens is 362 g/mol. The lowest BCUT2D eigenvalue weighted by Crippen LogP contribution is -2.25. The van der Waals surface area contributed by atoms with E-state index in [2.05, 4.69) is 40.0 Å². The van der Waals surface area contributed by atoms with Crippen LogP contribution in [-0.4, -0.2) is 25.7 Å². The van der Waals surface area contributed by atoms with Gasteiger partial charge >= 0.3 is 0 Å². The van der Waals surface area contributed by atoms with Crippen LogP contribution in [0.5, 0.6) is 0 Å². The van der Waals surface area contributed by atoms with Crippen LogP contribution in [0.25, 0.3) is 16.6 Å². The van der Waals surface area contributed by atoms with Gasteiger partial charge in [0.25, 0.3) is 5.56 Å². The normalized spacial score (nSPS) is 11.8. The summed E-state index contributed by atoms with van der Waals surface area (Å²) in [4.78, 5) is 30.4. The molecule has 1 atom stereocenters. The SMILES string of the molecule is C=CC(=C)n1c(C(C)N=CCC#Cc2cnccn2)nc2cccc(C)c2c1=O. The summed E-state index contributed by atoms with van der Waals surface area (Å²) in [6.07, 6.45) is 8.50. The third kappa shape index (κ3) is 4.36. The van der Waals surface area contributed by atoms with E-state index in [1.165, 1.54) is 4.57 Å². The van der Waals surface area contributed by atoms with Crippen molar-refractivity contribution in [3.8, 4) is 11.8 Å². The summed E-state index contributed by atoms with van der Waals surface area (Å²) in [5, 5.41) is 0.574. The number of aliphatic imine (C=N–C) groups is 1. The van der Waals surface area contributed by atoms with Crippen molar-refractivity contribution in [1.82, 2.24) is 19.5 Å². The highest BCUT2D eigenvalue weighted by Crippen LogP contribution is 2.21. The Labute approximate surface area is 169 Å². The van der Waals surface area contributed by atoms with Gasteiger partial charge in [-0.05, 0) is 37.5 Å². The summed E-state index contributed by atoms with van der Waals surface area (Å²) in [5.74, 6) is 6.41. The maximum absolute atomic E-state index is 13.1. The van der Waals surface area contributed by atoms with E-state index in [0.29, 0.717) is 34.5 Å². The van der Waals surface area contributed by atoms with Crippen LogP contribution in [-0.2, 0) is 0 Å². The molecule has 6 nitrogen and oxygen atoms in total. The fraction of sp³-hybridized carbons (Fsp3) is 0.174. The molecule has 144 valence electrons. The zero-order valence-electron chi connectivity index (χ0n) is 16.5. The fourth-order valence-corrected chi connectivity index (χ4v) is 2.89. The van der Waals surface area contributed by atoms with Crippen molar-refractivity contribution >= 4 is 22.8 Å². The molecule has 2 aromatic heterocycles. The quantitative estimate of drug-likeness (QED) is 0.382. The van der Waals surface area contributed by atoms with E-state index in [0.717, 1.165) is 5.56 Å². The highest BCUT2D eigenvalue weighted by atomic mass is 16.1. The minimum Gasteiger partial charge on any atom is -0.285 e. The molecule has 0 radical (unpaired) electrons. The molecule has 1 aromatic carbocycles. The monoisotopic (exact) mass is 383 g/mol. The Kier molecular flexibility index (Phi) is 6.10. The second kappa shape index (κ2) is 8.89. The Morgan fingerprint density at radius 2 is 2.21 bits per heavy atom. The Morgan fingerprint density at radius 1 is 1.38 bits per heavy atom. The first-order valence-corrected chi connectivity index (χ1v) is 9.13. The summed E-state index contributed by atoms with van der Waals surface area (Å²) in [5.41, 5.74) is 2.41. The molecule has 0 spiro atoms. The zero-order chi connectivity index (χ0) is 20.8. The molecule has 0 amide bonds. The number of hydrogen-bond acceptors (Lipinski definition) is 5. The lowest BCUT2D eigenvalue weighted by molar-refractivity contribution is 0.708. The standard InChI is InChI=1S/C23H21N5O/c1-5-17(3)28-22(27-20-11-8-9-16(2)21(20)23(28)29)18(4)25-12-7-6-10-19-15-24-13-14-26-19/h5,8-9,11-15,18H,1,3,7H2,2,4H3. The number of aromatic nitrogens is 4. The average molecular weight is 383 g/mol. The van der Waals surface area contributed by atoms with E-state index < -0.39 is 0 Å². The largest absolute Gasteiger partial charge is 0.285 e. The van der Waals surface area contributed by atoms with Gasteiger partial charge in [-0.1, -0.05) is 31.2 Å². The fourth-order valence-electron chi connectivity index (χ4n) is 2.89. The van der Waals surface area contributed by atoms with Crippen molar-refractivity contribution in [2.75, 3.05) is 0 Å². The van der Waals surface area contributed by atoms with Crippen molar-refractivity contribution in [1.29, 1.82) is 0 Å². The first-order valence-electron chi connectivity index (χ1n) is 9.13. The molecule has 3 aromatic rings. The molecule has 6 heteroatoms. The molecule has 29 heavy (non-hydrogen) atoms. The molecule has 0 saturated carbocycles. The Balaban J connectivity index is 1.93. The maximum Gasteiger partial charge on any atom is 0.266 e. The van der Waals surface area contributed by atoms with Gasteiger partial charge in [-0.15, -0.1) is 0 Å². The number of allylic oxidation sites excluding steroid dienone is 2. The highest BCUT2D eigenvalue weighted by molar-refractivity contribution is 5.82. The van der Waals surface area contributed by atoms with Crippen molar-refractivity contribution in [2.45, 2.75) is 26.3 Å². The maximum atomic E-state index is 13.1. The number of benzene rings is 1. The third-order valence-corrected chi connectivity index (χ3v) is 4.33. The van der Waals surface area contributed by atoms with Gasteiger partial charge in [0.1, 0.15) is 17.6 Å². The number of aryl methyl sites for hydroxylation is 1. The van der Waals surface area contributed by atoms with Gasteiger partial charge in [0, 0.05) is 30.7 Å². The van der Waals surface area contributed by atoms with Gasteiger partial charge in [0.15, 0.2) is 0 Å². The highest BCUT2D eigenvalue weighted by Gasteiger charge is 2.17. The Hall–Kier alpha value is -3.85. The van der Waals surface area contributed by atoms with Crippen LogP contribution in [0.15, 0.2) is 65.8 Å². The van der Waals surface area contributed by atoms with Gasteiger partial charge in [-0.2, -0.15) is 0 Å². The van der Waals surface area contributed by atoms with Crippen LogP contribution in [0.3, 0.4) is 0 Å². The summed E-state index contributed by atoms with van der Waals surface area (Å²) in [7, 11) is 0. The number of fused-ring (bicyclic) bond motifs is 1. The molecule has 1 unspecified atom stereocenters. The van der Waals surface area contributed by atoms with Crippen LogP contribution in [0, 0.1) is 18.8 Å². The van der Waals surface area contributed by atoms with Crippen LogP contribution >= 0.6 is 0 Å². The van der Waals surface area contributed by atoms with E-state index in [1.54, 1.807) is 30.9 Å². The molecule has 0 aliphatic carbocycles. The number of rotatable bonds is 5. The lowest BCUT2D eigenvalue weighted by atomic mass is 10.1. The number of hydrogen-bond donors (Lipinski definition) is 0. The molecule has 2 heterocycles. The van der Waals surface area contributed by atoms with Gasteiger partial charge in [0.05, 0.1) is 17.1 Å². The molecular formula is C23H21N5O. The summed E-state index contributed by atoms with van der Waals surface area (Å²) in [6, 6.07) is 5.25. The topological polar surface area (TPSA) is 73.0 Å². The Bertz CT molecular complexity index is 1210. The predicted molar refractivity (Wildman–Crippen MR) is 117 cm³/mol. The molecule has 0 bridgehead atoms. The smallest absolute Gasteiger partial charge is 0.266 e. The minimum absolute atomic E-state index is 0.169. The van der Waals surface area contributed by atoms with Crippen LogP contribution in [0.1, 0.15) is 36.5 Å². The third-order valence-electron chi connectivity index (χ3n) is 4.33. The van der Waals surface area contributed by atoms with Crippen molar-refractivity contribution in [3.05, 3.63) is 83.5 Å². The van der Waals surface area contributed by atoms with E-state index in [9.17, 15) is 4.79 Å². The van der Waals surface area contributed by atoms with E-state index in [4.69, 9.17) is 4.98 Å². The van der Waals surface area contributed by atoms with E-state index in [-0.39, 0.29) is 11.6 Å². The molecule has 0 saturated heterocycles. The summed E-state index contributed by atoms with van der Waals surface area (Å²) < 4.78 is 1.48. The van der Waals surface area contributed by atoms with E-state index in [1.807, 2.05) is 32.0 Å². The second-order valence-electron chi connectivity index (χ2n) is 6.38. The van der Waals surface area contributed by atoms with Crippen molar-refractivity contribution in [2.24, 2.45) is 4.99 Å². The predicted octanol–water partition coefficient (Wildman–Crippen LogP) is 3.73. The van der Waals surface area contributed by atoms with Gasteiger partial charge < -0.3 is 0 Å². The summed E-state index contributed by atoms with van der Waals surface area (Å²) in [6.45, 7) is 11.5. The summed E-state index contributed by atoms with van der Waals surface area (Å²) >= 11 is 0. The molecule has 0 fully saturated rings. The molecule has 0 aliphatic rings. The lowest BCUT2D eigenvalue weighted by Gasteiger charge is -2.16. The second-order valence-corrected chi connectivity index (χ2v) is 6.38. The Morgan fingerprint density at radius 3 is 2.93 bits per heavy atom. The average Bonchev–Trinajstić information content (AvgIpc) is 2.73. The van der Waals surface area contributed by atoms with Crippen LogP contribution in [0.2, 0.25) is 0 Å². The van der Waals surface area contributed by atoms with Gasteiger partial charge in [0.2, 0.25) is 0 Å². The first kappa shape index (κ1) is 19.9. The zero-order valence-corrected chi connectivity index (χ0v) is 16.5. The molecule has 3 rings (SSSR count). The first-order chi connectivity index (χ1) is 14.0. The van der Waals surface area contributed by atoms with E-state index >= 15 is 0 Å². The van der Waals surface area contributed by atoms with Gasteiger partial charge in [-0.3, -0.25) is 19.3 Å². The van der Waals surface area contributed by atoms with Crippen molar-refractivity contribution in [3.63, 3.8) is 0 Å². The van der Waals surface area contributed by atoms with Crippen LogP contribution in [0.4, 0.5) is 0 Å². The number of nitrogens with zero attached hydrogens (tertiary/aromatic N) is 5. The molecule has 0 aliphatic heterocycles. The van der Waals surface area contributed by atoms with Gasteiger partial charge in [-0.25, -0.2) is 9.97 Å². The minimum atomic E-state index is -0.359.